The number of halogens is 4. The molecule has 0 radical (unpaired) electrons. The van der Waals surface area contributed by atoms with E-state index in [1.54, 1.807) is 6.92 Å². The Kier molecular flexibility index (Phi) is 6.32. The van der Waals surface area contributed by atoms with E-state index in [0.717, 1.165) is 12.1 Å². The Labute approximate surface area is 195 Å². The van der Waals surface area contributed by atoms with Gasteiger partial charge in [-0.05, 0) is 38.1 Å². The molecular formula is C20H18ClF3N6O4. The van der Waals surface area contributed by atoms with E-state index < -0.39 is 36.0 Å². The first kappa shape index (κ1) is 23.7. The van der Waals surface area contributed by atoms with Crippen molar-refractivity contribution in [2.45, 2.75) is 38.2 Å². The van der Waals surface area contributed by atoms with E-state index in [-0.39, 0.29) is 40.7 Å². The Morgan fingerprint density at radius 2 is 2.03 bits per heavy atom. The standard InChI is InChI=1S/C20H18ClF3N6O4/c1-9(17-28-16(29-34-17)12-4-3-11(21)7-13(12)20(22,23)24)26-18-25-6-5-15(27-18)30-14(10(2)31)8-33-19(30)32/h3-7,9-10,14,31H,8H2,1-2H3,(H,25,26,27)/t9-,10+,14?/m0/s1. The molecule has 180 valence electrons. The van der Waals surface area contributed by atoms with Crippen molar-refractivity contribution in [2.24, 2.45) is 0 Å². The maximum Gasteiger partial charge on any atom is 0.417 e. The van der Waals surface area contributed by atoms with E-state index in [2.05, 4.69) is 25.4 Å². The molecule has 1 aromatic carbocycles. The number of carbonyl (C=O) groups is 1. The zero-order valence-electron chi connectivity index (χ0n) is 17.7. The van der Waals surface area contributed by atoms with Crippen LogP contribution < -0.4 is 10.2 Å². The predicted octanol–water partition coefficient (Wildman–Crippen LogP) is 4.08. The molecule has 34 heavy (non-hydrogen) atoms. The van der Waals surface area contributed by atoms with Gasteiger partial charge in [0.2, 0.25) is 17.7 Å². The molecule has 1 amide bonds. The summed E-state index contributed by atoms with van der Waals surface area (Å²) in [7, 11) is 0. The Balaban J connectivity index is 1.55. The highest BCUT2D eigenvalue weighted by molar-refractivity contribution is 6.30. The maximum absolute atomic E-state index is 13.4. The van der Waals surface area contributed by atoms with Crippen molar-refractivity contribution in [1.82, 2.24) is 20.1 Å². The van der Waals surface area contributed by atoms with Crippen LogP contribution in [0.3, 0.4) is 0 Å². The summed E-state index contributed by atoms with van der Waals surface area (Å²) < 4.78 is 50.4. The van der Waals surface area contributed by atoms with E-state index in [0.29, 0.717) is 0 Å². The monoisotopic (exact) mass is 498 g/mol. The Morgan fingerprint density at radius 3 is 2.74 bits per heavy atom. The van der Waals surface area contributed by atoms with Crippen LogP contribution in [0.15, 0.2) is 35.0 Å². The Morgan fingerprint density at radius 1 is 1.26 bits per heavy atom. The van der Waals surface area contributed by atoms with E-state index in [9.17, 15) is 23.1 Å². The number of anilines is 2. The number of aromatic nitrogens is 4. The second-order valence-electron chi connectivity index (χ2n) is 7.50. The molecule has 3 atom stereocenters. The molecule has 4 rings (SSSR count). The van der Waals surface area contributed by atoms with Crippen LogP contribution in [0.2, 0.25) is 5.02 Å². The lowest BCUT2D eigenvalue weighted by Crippen LogP contribution is -2.41. The van der Waals surface area contributed by atoms with Gasteiger partial charge in [0.05, 0.1) is 11.7 Å². The molecule has 3 aromatic rings. The first-order chi connectivity index (χ1) is 16.0. The molecular weight excluding hydrogens is 481 g/mol. The molecule has 10 nitrogen and oxygen atoms in total. The second kappa shape index (κ2) is 9.06. The highest BCUT2D eigenvalue weighted by Gasteiger charge is 2.38. The van der Waals surface area contributed by atoms with Gasteiger partial charge < -0.3 is 19.7 Å². The van der Waals surface area contributed by atoms with E-state index in [1.807, 2.05) is 0 Å². The molecule has 0 aliphatic carbocycles. The number of aliphatic hydroxyl groups excluding tert-OH is 1. The van der Waals surface area contributed by atoms with Crippen LogP contribution in [0.5, 0.6) is 0 Å². The molecule has 0 spiro atoms. The van der Waals surface area contributed by atoms with Crippen LogP contribution in [0.25, 0.3) is 11.4 Å². The minimum atomic E-state index is -4.67. The van der Waals surface area contributed by atoms with Crippen molar-refractivity contribution in [3.8, 4) is 11.4 Å². The summed E-state index contributed by atoms with van der Waals surface area (Å²) in [5.74, 6) is -0.00650. The minimum absolute atomic E-state index is 0.00897. The summed E-state index contributed by atoms with van der Waals surface area (Å²) in [5, 5.41) is 16.4. The first-order valence-electron chi connectivity index (χ1n) is 9.99. The first-order valence-corrected chi connectivity index (χ1v) is 10.4. The summed E-state index contributed by atoms with van der Waals surface area (Å²) in [6.07, 6.45) is -4.79. The van der Waals surface area contributed by atoms with Gasteiger partial charge in [0.15, 0.2) is 0 Å². The number of hydrogen-bond donors (Lipinski definition) is 2. The molecule has 3 heterocycles. The number of carbonyl (C=O) groups excluding carboxylic acids is 1. The number of cyclic esters (lactones) is 1. The summed E-state index contributed by atoms with van der Waals surface area (Å²) in [4.78, 5) is 25.7. The van der Waals surface area contributed by atoms with Crippen LogP contribution in [0.4, 0.5) is 29.7 Å². The van der Waals surface area contributed by atoms with Gasteiger partial charge in [-0.25, -0.2) is 9.78 Å². The number of benzene rings is 1. The number of hydrogen-bond acceptors (Lipinski definition) is 9. The smallest absolute Gasteiger partial charge is 0.417 e. The molecule has 1 saturated heterocycles. The highest BCUT2D eigenvalue weighted by Crippen LogP contribution is 2.38. The van der Waals surface area contributed by atoms with Gasteiger partial charge in [-0.1, -0.05) is 16.8 Å². The van der Waals surface area contributed by atoms with Crippen LogP contribution in [0, 0.1) is 0 Å². The molecule has 14 heteroatoms. The van der Waals surface area contributed by atoms with E-state index in [1.165, 1.54) is 30.2 Å². The predicted molar refractivity (Wildman–Crippen MR) is 113 cm³/mol. The van der Waals surface area contributed by atoms with Crippen LogP contribution in [-0.4, -0.2) is 50.1 Å². The largest absolute Gasteiger partial charge is 0.447 e. The number of nitrogens with zero attached hydrogens (tertiary/aromatic N) is 5. The van der Waals surface area contributed by atoms with Gasteiger partial charge in [0, 0.05) is 16.8 Å². The highest BCUT2D eigenvalue weighted by atomic mass is 35.5. The molecule has 0 saturated carbocycles. The SMILES string of the molecule is C[C@H](Nc1nccc(N2C(=O)OCC2[C@@H](C)O)n1)c1nc(-c2ccc(Cl)cc2C(F)(F)F)no1. The summed E-state index contributed by atoms with van der Waals surface area (Å²) in [6, 6.07) is 3.41. The molecule has 1 fully saturated rings. The number of rotatable bonds is 6. The quantitative estimate of drug-likeness (QED) is 0.516. The fourth-order valence-corrected chi connectivity index (χ4v) is 3.50. The van der Waals surface area contributed by atoms with Crippen molar-refractivity contribution < 1.29 is 32.3 Å². The van der Waals surface area contributed by atoms with Gasteiger partial charge in [-0.2, -0.15) is 23.1 Å². The number of nitrogens with one attached hydrogen (secondary N) is 1. The maximum atomic E-state index is 13.4. The van der Waals surface area contributed by atoms with Gasteiger partial charge in [-0.3, -0.25) is 4.90 Å². The van der Waals surface area contributed by atoms with Gasteiger partial charge in [0.1, 0.15) is 24.5 Å². The van der Waals surface area contributed by atoms with Crippen molar-refractivity contribution in [3.05, 3.63) is 46.9 Å². The molecule has 2 N–H and O–H groups in total. The average Bonchev–Trinajstić information content (AvgIpc) is 3.40. The third-order valence-corrected chi connectivity index (χ3v) is 5.27. The average molecular weight is 499 g/mol. The third-order valence-electron chi connectivity index (χ3n) is 5.04. The normalized spacial score (nSPS) is 18.0. The van der Waals surface area contributed by atoms with Crippen LogP contribution in [0.1, 0.15) is 31.3 Å². The van der Waals surface area contributed by atoms with E-state index >= 15 is 0 Å². The van der Waals surface area contributed by atoms with Gasteiger partial charge >= 0.3 is 12.3 Å². The topological polar surface area (TPSA) is 127 Å². The Bertz CT molecular complexity index is 1210. The Hall–Kier alpha value is -3.45. The fourth-order valence-electron chi connectivity index (χ4n) is 3.33. The number of ether oxygens (including phenoxy) is 1. The van der Waals surface area contributed by atoms with Gasteiger partial charge in [-0.15, -0.1) is 0 Å². The zero-order valence-corrected chi connectivity index (χ0v) is 18.5. The molecule has 1 aliphatic heterocycles. The third kappa shape index (κ3) is 4.75. The van der Waals surface area contributed by atoms with Gasteiger partial charge in [0.25, 0.3) is 0 Å². The lowest BCUT2D eigenvalue weighted by molar-refractivity contribution is -0.137. The molecule has 1 aliphatic rings. The van der Waals surface area contributed by atoms with Crippen molar-refractivity contribution >= 4 is 29.5 Å². The second-order valence-corrected chi connectivity index (χ2v) is 7.94. The van der Waals surface area contributed by atoms with Crippen molar-refractivity contribution in [1.29, 1.82) is 0 Å². The number of aliphatic hydroxyl groups is 1. The molecule has 2 aromatic heterocycles. The molecule has 0 bridgehead atoms. The van der Waals surface area contributed by atoms with E-state index in [4.69, 9.17) is 20.9 Å². The lowest BCUT2D eigenvalue weighted by atomic mass is 10.1. The zero-order chi connectivity index (χ0) is 24.6. The molecule has 1 unspecified atom stereocenters. The summed E-state index contributed by atoms with van der Waals surface area (Å²) >= 11 is 5.72. The minimum Gasteiger partial charge on any atom is -0.447 e. The van der Waals surface area contributed by atoms with Crippen LogP contribution >= 0.6 is 11.6 Å². The van der Waals surface area contributed by atoms with Crippen molar-refractivity contribution in [2.75, 3.05) is 16.8 Å². The summed E-state index contributed by atoms with van der Waals surface area (Å²) in [5.41, 5.74) is -1.27. The van der Waals surface area contributed by atoms with Crippen molar-refractivity contribution in [3.63, 3.8) is 0 Å². The lowest BCUT2D eigenvalue weighted by Gasteiger charge is -2.22. The fraction of sp³-hybridized carbons (Fsp3) is 0.350. The number of alkyl halides is 3. The number of amides is 1. The summed E-state index contributed by atoms with van der Waals surface area (Å²) in [6.45, 7) is 3.15. The van der Waals surface area contributed by atoms with Crippen LogP contribution in [-0.2, 0) is 10.9 Å².